The summed E-state index contributed by atoms with van der Waals surface area (Å²) in [4.78, 5) is 11.4. The molecule has 0 radical (unpaired) electrons. The van der Waals surface area contributed by atoms with Crippen LogP contribution in [0.25, 0.3) is 0 Å². The van der Waals surface area contributed by atoms with E-state index in [9.17, 15) is 13.2 Å². The molecule has 2 heterocycles. The van der Waals surface area contributed by atoms with Gasteiger partial charge in [-0.3, -0.25) is 4.79 Å². The smallest absolute Gasteiger partial charge is 0.217 e. The van der Waals surface area contributed by atoms with E-state index >= 15 is 4.39 Å². The number of ether oxygens (including phenoxy) is 1. The second-order valence-corrected chi connectivity index (χ2v) is 11.9. The molecule has 1 amide bonds. The van der Waals surface area contributed by atoms with E-state index < -0.39 is 26.2 Å². The fraction of sp³-hybridized carbons (Fsp3) is 0.500. The molecule has 6 nitrogen and oxygen atoms in total. The highest BCUT2D eigenvalue weighted by molar-refractivity contribution is 7.92. The third-order valence-electron chi connectivity index (χ3n) is 7.56. The van der Waals surface area contributed by atoms with Crippen molar-refractivity contribution < 1.29 is 22.3 Å². The zero-order valence-electron chi connectivity index (χ0n) is 19.5. The Morgan fingerprint density at radius 2 is 1.88 bits per heavy atom. The molecule has 8 heteroatoms. The summed E-state index contributed by atoms with van der Waals surface area (Å²) in [7, 11) is -3.54. The van der Waals surface area contributed by atoms with Crippen molar-refractivity contribution in [3.05, 3.63) is 71.0 Å². The lowest BCUT2D eigenvalue weighted by molar-refractivity contribution is -0.118. The van der Waals surface area contributed by atoms with Crippen LogP contribution in [-0.4, -0.2) is 45.4 Å². The Labute approximate surface area is 201 Å². The number of carbonyl (C=O) groups excluding carboxylic acids is 1. The molecule has 184 valence electrons. The van der Waals surface area contributed by atoms with Gasteiger partial charge in [0.05, 0.1) is 10.5 Å². The van der Waals surface area contributed by atoms with Crippen molar-refractivity contribution in [2.45, 2.75) is 61.0 Å². The molecule has 0 aromatic heterocycles. The molecule has 1 unspecified atom stereocenters. The van der Waals surface area contributed by atoms with Gasteiger partial charge < -0.3 is 15.8 Å². The number of carbonyl (C=O) groups is 1. The number of nitrogens with two attached hydrogens (primary N) is 1. The van der Waals surface area contributed by atoms with Gasteiger partial charge in [0.1, 0.15) is 5.82 Å². The van der Waals surface area contributed by atoms with E-state index in [1.165, 1.54) is 6.07 Å². The summed E-state index contributed by atoms with van der Waals surface area (Å²) in [5, 5.41) is 1.92. The van der Waals surface area contributed by atoms with E-state index in [1.54, 1.807) is 6.07 Å². The van der Waals surface area contributed by atoms with Gasteiger partial charge in [-0.1, -0.05) is 42.5 Å². The van der Waals surface area contributed by atoms with Crippen LogP contribution in [0.2, 0.25) is 0 Å². The molecule has 0 aliphatic carbocycles. The van der Waals surface area contributed by atoms with Gasteiger partial charge in [0.2, 0.25) is 5.91 Å². The lowest BCUT2D eigenvalue weighted by Gasteiger charge is -2.38. The lowest BCUT2D eigenvalue weighted by Crippen LogP contribution is -2.53. The Kier molecular flexibility index (Phi) is 7.40. The molecule has 2 aliphatic rings. The fourth-order valence-corrected chi connectivity index (χ4v) is 7.74. The number of hydrogen-bond donors (Lipinski definition) is 2. The molecule has 2 aliphatic heterocycles. The molecular formula is C26H33FN2O4S. The number of amides is 1. The summed E-state index contributed by atoms with van der Waals surface area (Å²) in [6.07, 6.45) is 2.25. The van der Waals surface area contributed by atoms with Crippen molar-refractivity contribution in [1.82, 2.24) is 5.32 Å². The van der Waals surface area contributed by atoms with Crippen molar-refractivity contribution in [1.29, 1.82) is 0 Å². The van der Waals surface area contributed by atoms with E-state index in [0.29, 0.717) is 44.6 Å². The van der Waals surface area contributed by atoms with Crippen molar-refractivity contribution >= 4 is 15.7 Å². The van der Waals surface area contributed by atoms with Crippen LogP contribution in [0, 0.1) is 5.82 Å². The first-order valence-corrected chi connectivity index (χ1v) is 13.5. The van der Waals surface area contributed by atoms with Crippen molar-refractivity contribution in [2.75, 3.05) is 19.8 Å². The van der Waals surface area contributed by atoms with Crippen molar-refractivity contribution in [3.8, 4) is 0 Å². The Bertz CT molecular complexity index is 1120. The quantitative estimate of drug-likeness (QED) is 0.624. The van der Waals surface area contributed by atoms with Crippen LogP contribution < -0.4 is 11.1 Å². The van der Waals surface area contributed by atoms with Crippen LogP contribution in [-0.2, 0) is 31.2 Å². The predicted molar refractivity (Wildman–Crippen MR) is 130 cm³/mol. The average Bonchev–Trinajstić information content (AvgIpc) is 2.82. The Balaban J connectivity index is 1.59. The molecule has 3 N–H and O–H groups in total. The zero-order chi connectivity index (χ0) is 24.3. The third-order valence-corrected chi connectivity index (χ3v) is 10.2. The number of halogens is 1. The maximum absolute atomic E-state index is 15.4. The van der Waals surface area contributed by atoms with Gasteiger partial charge in [0.25, 0.3) is 0 Å². The highest BCUT2D eigenvalue weighted by Crippen LogP contribution is 2.40. The predicted octanol–water partition coefficient (Wildman–Crippen LogP) is 3.20. The van der Waals surface area contributed by atoms with Gasteiger partial charge >= 0.3 is 0 Å². The number of primary amides is 1. The second-order valence-electron chi connectivity index (χ2n) is 9.59. The summed E-state index contributed by atoms with van der Waals surface area (Å²) in [6, 6.07) is 14.0. The molecule has 2 aromatic rings. The molecule has 4 rings (SSSR count). The SMILES string of the molecule is C[C@@H]1NC[C@@H](c2ccccc2)S(=O)(=O)C1Cc1ccc(C2(CCC(N)=O)CCOCC2)cc1F. The van der Waals surface area contributed by atoms with Crippen LogP contribution in [0.4, 0.5) is 4.39 Å². The number of benzene rings is 2. The number of nitrogens with one attached hydrogen (secondary N) is 1. The Morgan fingerprint density at radius 3 is 2.53 bits per heavy atom. The molecule has 34 heavy (non-hydrogen) atoms. The van der Waals surface area contributed by atoms with Gasteiger partial charge in [-0.15, -0.1) is 0 Å². The molecule has 0 spiro atoms. The topological polar surface area (TPSA) is 98.5 Å². The van der Waals surface area contributed by atoms with E-state index in [4.69, 9.17) is 10.5 Å². The maximum Gasteiger partial charge on any atom is 0.217 e. The van der Waals surface area contributed by atoms with Crippen molar-refractivity contribution in [3.63, 3.8) is 0 Å². The summed E-state index contributed by atoms with van der Waals surface area (Å²) in [6.45, 7) is 3.28. The second kappa shape index (κ2) is 10.1. The first kappa shape index (κ1) is 24.8. The minimum Gasteiger partial charge on any atom is -0.381 e. The molecule has 2 saturated heterocycles. The highest BCUT2D eigenvalue weighted by atomic mass is 32.2. The monoisotopic (exact) mass is 488 g/mol. The Hall–Kier alpha value is -2.29. The van der Waals surface area contributed by atoms with Gasteiger partial charge in [0.15, 0.2) is 9.84 Å². The van der Waals surface area contributed by atoms with Crippen LogP contribution >= 0.6 is 0 Å². The average molecular weight is 489 g/mol. The van der Waals surface area contributed by atoms with Crippen LogP contribution in [0.1, 0.15) is 54.5 Å². The molecule has 3 atom stereocenters. The van der Waals surface area contributed by atoms with E-state index in [-0.39, 0.29) is 30.2 Å². The minimum atomic E-state index is -3.54. The Morgan fingerprint density at radius 1 is 1.18 bits per heavy atom. The van der Waals surface area contributed by atoms with Gasteiger partial charge in [0, 0.05) is 37.6 Å². The summed E-state index contributed by atoms with van der Waals surface area (Å²) in [5.74, 6) is -0.786. The van der Waals surface area contributed by atoms with Gasteiger partial charge in [-0.25, -0.2) is 12.8 Å². The fourth-order valence-electron chi connectivity index (χ4n) is 5.37. The van der Waals surface area contributed by atoms with Crippen LogP contribution in [0.15, 0.2) is 48.5 Å². The molecule has 2 aromatic carbocycles. The zero-order valence-corrected chi connectivity index (χ0v) is 20.3. The van der Waals surface area contributed by atoms with Gasteiger partial charge in [-0.2, -0.15) is 0 Å². The van der Waals surface area contributed by atoms with E-state index in [2.05, 4.69) is 5.32 Å². The molecule has 0 saturated carbocycles. The lowest BCUT2D eigenvalue weighted by atomic mass is 9.70. The van der Waals surface area contributed by atoms with E-state index in [0.717, 1.165) is 11.1 Å². The van der Waals surface area contributed by atoms with Crippen LogP contribution in [0.3, 0.4) is 0 Å². The summed E-state index contributed by atoms with van der Waals surface area (Å²) < 4.78 is 48.0. The van der Waals surface area contributed by atoms with Crippen molar-refractivity contribution in [2.24, 2.45) is 5.73 Å². The van der Waals surface area contributed by atoms with E-state index in [1.807, 2.05) is 43.3 Å². The van der Waals surface area contributed by atoms with Crippen LogP contribution in [0.5, 0.6) is 0 Å². The summed E-state index contributed by atoms with van der Waals surface area (Å²) in [5.41, 5.74) is 6.98. The summed E-state index contributed by atoms with van der Waals surface area (Å²) >= 11 is 0. The molecule has 2 fully saturated rings. The first-order chi connectivity index (χ1) is 16.2. The highest BCUT2D eigenvalue weighted by Gasteiger charge is 2.43. The number of sulfone groups is 1. The normalized spacial score (nSPS) is 26.1. The van der Waals surface area contributed by atoms with Gasteiger partial charge in [-0.05, 0) is 55.4 Å². The number of rotatable bonds is 7. The first-order valence-electron chi connectivity index (χ1n) is 11.9. The molecular weight excluding hydrogens is 455 g/mol. The minimum absolute atomic E-state index is 0.101. The number of hydrogen-bond acceptors (Lipinski definition) is 5. The molecule has 0 bridgehead atoms. The largest absolute Gasteiger partial charge is 0.381 e. The standard InChI is InChI=1S/C26H33FN2O4S/c1-18-23(34(31,32)24(17-29-18)19-5-3-2-4-6-19)15-20-7-8-21(16-22(20)27)26(10-9-25(28)30)11-13-33-14-12-26/h2-8,16,18,23-24,29H,9-15,17H2,1H3,(H2,28,30)/t18-,23?,24-/m0/s1. The maximum atomic E-state index is 15.4. The third kappa shape index (κ3) is 5.04.